The average molecular weight is 410 g/mol. The lowest BCUT2D eigenvalue weighted by Crippen LogP contribution is -2.58. The van der Waals surface area contributed by atoms with Gasteiger partial charge < -0.3 is 14.8 Å². The summed E-state index contributed by atoms with van der Waals surface area (Å²) in [5, 5.41) is 3.95. The van der Waals surface area contributed by atoms with Gasteiger partial charge in [0, 0.05) is 23.2 Å². The van der Waals surface area contributed by atoms with Crippen LogP contribution in [0.2, 0.25) is 0 Å². The van der Waals surface area contributed by atoms with E-state index in [0.717, 1.165) is 41.4 Å². The fourth-order valence-electron chi connectivity index (χ4n) is 6.51. The van der Waals surface area contributed by atoms with Crippen LogP contribution in [0.1, 0.15) is 56.6 Å². The largest absolute Gasteiger partial charge is 0.490 e. The van der Waals surface area contributed by atoms with Crippen molar-refractivity contribution in [3.8, 4) is 11.5 Å². The van der Waals surface area contributed by atoms with Gasteiger partial charge in [-0.1, -0.05) is 30.3 Å². The van der Waals surface area contributed by atoms with Gasteiger partial charge in [0.25, 0.3) is 0 Å². The van der Waals surface area contributed by atoms with E-state index in [2.05, 4.69) is 11.4 Å². The SMILES string of the molecule is CCOc1cccc(CNC23CC4CC(CC(C4)C2)C3)c1OCc1ccccc1F. The van der Waals surface area contributed by atoms with Crippen molar-refractivity contribution in [3.05, 3.63) is 59.4 Å². The third-order valence-corrected chi connectivity index (χ3v) is 7.38. The fourth-order valence-corrected chi connectivity index (χ4v) is 6.51. The summed E-state index contributed by atoms with van der Waals surface area (Å²) in [4.78, 5) is 0. The van der Waals surface area contributed by atoms with Crippen LogP contribution in [-0.4, -0.2) is 12.1 Å². The molecule has 3 nitrogen and oxygen atoms in total. The predicted octanol–water partition coefficient (Wildman–Crippen LogP) is 5.86. The van der Waals surface area contributed by atoms with Gasteiger partial charge >= 0.3 is 0 Å². The van der Waals surface area contributed by atoms with E-state index >= 15 is 0 Å². The lowest BCUT2D eigenvalue weighted by atomic mass is 9.53. The molecule has 160 valence electrons. The van der Waals surface area contributed by atoms with Crippen LogP contribution < -0.4 is 14.8 Å². The van der Waals surface area contributed by atoms with E-state index in [1.54, 1.807) is 12.1 Å². The molecular formula is C26H32FNO2. The summed E-state index contributed by atoms with van der Waals surface area (Å²) >= 11 is 0. The third kappa shape index (κ3) is 3.94. The summed E-state index contributed by atoms with van der Waals surface area (Å²) in [5.74, 6) is 3.97. The maximum Gasteiger partial charge on any atom is 0.166 e. The summed E-state index contributed by atoms with van der Waals surface area (Å²) in [6.45, 7) is 3.50. The Morgan fingerprint density at radius 1 is 0.900 bits per heavy atom. The van der Waals surface area contributed by atoms with Crippen molar-refractivity contribution >= 4 is 0 Å². The van der Waals surface area contributed by atoms with E-state index in [1.165, 1.54) is 44.6 Å². The molecule has 4 aliphatic rings. The van der Waals surface area contributed by atoms with Gasteiger partial charge in [-0.3, -0.25) is 0 Å². The molecule has 0 radical (unpaired) electrons. The molecule has 4 bridgehead atoms. The topological polar surface area (TPSA) is 30.5 Å². The Kier molecular flexibility index (Phi) is 5.44. The number of hydrogen-bond donors (Lipinski definition) is 1. The van der Waals surface area contributed by atoms with Gasteiger partial charge in [-0.15, -0.1) is 0 Å². The van der Waals surface area contributed by atoms with Crippen molar-refractivity contribution in [2.75, 3.05) is 6.61 Å². The van der Waals surface area contributed by atoms with Gasteiger partial charge in [0.2, 0.25) is 0 Å². The van der Waals surface area contributed by atoms with Crippen LogP contribution >= 0.6 is 0 Å². The van der Waals surface area contributed by atoms with Crippen LogP contribution in [0.4, 0.5) is 4.39 Å². The van der Waals surface area contributed by atoms with E-state index in [4.69, 9.17) is 9.47 Å². The van der Waals surface area contributed by atoms with E-state index in [-0.39, 0.29) is 12.4 Å². The summed E-state index contributed by atoms with van der Waals surface area (Å²) in [6, 6.07) is 12.9. The minimum atomic E-state index is -0.236. The quantitative estimate of drug-likeness (QED) is 0.592. The minimum Gasteiger partial charge on any atom is -0.490 e. The Hall–Kier alpha value is -2.07. The Morgan fingerprint density at radius 3 is 2.23 bits per heavy atom. The normalized spacial score (nSPS) is 29.2. The maximum absolute atomic E-state index is 14.1. The number of para-hydroxylation sites is 1. The lowest BCUT2D eigenvalue weighted by molar-refractivity contribution is -0.0206. The molecule has 0 unspecified atom stereocenters. The molecule has 0 atom stereocenters. The van der Waals surface area contributed by atoms with E-state index < -0.39 is 0 Å². The zero-order valence-electron chi connectivity index (χ0n) is 17.8. The zero-order chi connectivity index (χ0) is 20.6. The summed E-state index contributed by atoms with van der Waals surface area (Å²) < 4.78 is 26.1. The average Bonchev–Trinajstić information content (AvgIpc) is 2.72. The Morgan fingerprint density at radius 2 is 1.57 bits per heavy atom. The van der Waals surface area contributed by atoms with Crippen LogP contribution in [0.15, 0.2) is 42.5 Å². The molecule has 4 heteroatoms. The van der Waals surface area contributed by atoms with Gasteiger partial charge in [0.15, 0.2) is 11.5 Å². The molecule has 6 rings (SSSR count). The van der Waals surface area contributed by atoms with Crippen molar-refractivity contribution in [1.29, 1.82) is 0 Å². The highest BCUT2D eigenvalue weighted by Crippen LogP contribution is 2.55. The van der Waals surface area contributed by atoms with Crippen molar-refractivity contribution in [2.45, 2.75) is 64.1 Å². The molecule has 0 aliphatic heterocycles. The molecule has 4 fully saturated rings. The Balaban J connectivity index is 1.34. The summed E-state index contributed by atoms with van der Waals surface area (Å²) in [6.07, 6.45) is 8.27. The molecule has 30 heavy (non-hydrogen) atoms. The molecule has 0 amide bonds. The van der Waals surface area contributed by atoms with Gasteiger partial charge in [0.05, 0.1) is 6.61 Å². The third-order valence-electron chi connectivity index (χ3n) is 7.38. The number of rotatable bonds is 8. The molecule has 2 aromatic carbocycles. The smallest absolute Gasteiger partial charge is 0.166 e. The second kappa shape index (κ2) is 8.22. The number of hydrogen-bond acceptors (Lipinski definition) is 3. The standard InChI is InChI=1S/C26H32FNO2/c1-2-29-24-9-5-7-21(25(24)30-17-22-6-3-4-8-23(22)27)16-28-26-13-18-10-19(14-26)12-20(11-18)15-26/h3-9,18-20,28H,2,10-17H2,1H3. The van der Waals surface area contributed by atoms with Crippen LogP contribution in [0.3, 0.4) is 0 Å². The molecule has 0 heterocycles. The van der Waals surface area contributed by atoms with Gasteiger partial charge in [-0.05, 0) is 75.3 Å². The number of ether oxygens (including phenoxy) is 2. The summed E-state index contributed by atoms with van der Waals surface area (Å²) in [5.41, 5.74) is 1.94. The van der Waals surface area contributed by atoms with Crippen LogP contribution in [0.5, 0.6) is 11.5 Å². The first kappa shape index (κ1) is 19.9. The summed E-state index contributed by atoms with van der Waals surface area (Å²) in [7, 11) is 0. The van der Waals surface area contributed by atoms with E-state index in [0.29, 0.717) is 17.7 Å². The molecule has 2 aromatic rings. The highest BCUT2D eigenvalue weighted by Gasteiger charge is 2.50. The molecule has 0 aromatic heterocycles. The number of halogens is 1. The van der Waals surface area contributed by atoms with Gasteiger partial charge in [0.1, 0.15) is 12.4 Å². The zero-order valence-corrected chi connectivity index (χ0v) is 17.8. The van der Waals surface area contributed by atoms with Crippen LogP contribution in [-0.2, 0) is 13.2 Å². The van der Waals surface area contributed by atoms with Crippen molar-refractivity contribution < 1.29 is 13.9 Å². The molecule has 4 saturated carbocycles. The Labute approximate surface area is 179 Å². The molecule has 4 aliphatic carbocycles. The first-order valence-electron chi connectivity index (χ1n) is 11.5. The fraction of sp³-hybridized carbons (Fsp3) is 0.538. The molecular weight excluding hydrogens is 377 g/mol. The number of nitrogens with one attached hydrogen (secondary N) is 1. The van der Waals surface area contributed by atoms with Gasteiger partial charge in [-0.25, -0.2) is 4.39 Å². The van der Waals surface area contributed by atoms with Crippen LogP contribution in [0.25, 0.3) is 0 Å². The second-order valence-electron chi connectivity index (χ2n) is 9.61. The molecule has 1 N–H and O–H groups in total. The minimum absolute atomic E-state index is 0.196. The maximum atomic E-state index is 14.1. The first-order valence-corrected chi connectivity index (χ1v) is 11.5. The molecule has 0 saturated heterocycles. The predicted molar refractivity (Wildman–Crippen MR) is 116 cm³/mol. The Bertz CT molecular complexity index is 861. The van der Waals surface area contributed by atoms with E-state index in [1.807, 2.05) is 25.1 Å². The van der Waals surface area contributed by atoms with Crippen molar-refractivity contribution in [3.63, 3.8) is 0 Å². The van der Waals surface area contributed by atoms with Crippen LogP contribution in [0, 0.1) is 23.6 Å². The van der Waals surface area contributed by atoms with E-state index in [9.17, 15) is 4.39 Å². The first-order chi connectivity index (χ1) is 14.6. The van der Waals surface area contributed by atoms with Crippen molar-refractivity contribution in [2.24, 2.45) is 17.8 Å². The highest BCUT2D eigenvalue weighted by molar-refractivity contribution is 5.47. The number of benzene rings is 2. The second-order valence-corrected chi connectivity index (χ2v) is 9.61. The van der Waals surface area contributed by atoms with Crippen molar-refractivity contribution in [1.82, 2.24) is 5.32 Å². The molecule has 0 spiro atoms. The van der Waals surface area contributed by atoms with Gasteiger partial charge in [-0.2, -0.15) is 0 Å². The monoisotopic (exact) mass is 409 g/mol. The highest BCUT2D eigenvalue weighted by atomic mass is 19.1. The lowest BCUT2D eigenvalue weighted by Gasteiger charge is -2.57.